The van der Waals surface area contributed by atoms with Gasteiger partial charge in [-0.25, -0.2) is 0 Å². The van der Waals surface area contributed by atoms with Crippen LogP contribution in [0.15, 0.2) is 36.5 Å². The summed E-state index contributed by atoms with van der Waals surface area (Å²) in [5.41, 5.74) is 1.04. The first-order valence-electron chi connectivity index (χ1n) is 7.20. The van der Waals surface area contributed by atoms with Crippen molar-refractivity contribution in [3.63, 3.8) is 0 Å². The fourth-order valence-electron chi connectivity index (χ4n) is 1.92. The van der Waals surface area contributed by atoms with E-state index >= 15 is 0 Å². The van der Waals surface area contributed by atoms with E-state index in [1.807, 2.05) is 41.2 Å². The maximum absolute atomic E-state index is 5.74. The number of methoxy groups -OCH3 is 1. The Balaban J connectivity index is 1.81. The lowest BCUT2D eigenvalue weighted by Gasteiger charge is -2.10. The molecule has 2 rings (SSSR count). The Bertz CT molecular complexity index is 552. The first-order valence-corrected chi connectivity index (χ1v) is 7.20. The summed E-state index contributed by atoms with van der Waals surface area (Å²) in [6.45, 7) is 6.30. The van der Waals surface area contributed by atoms with Gasteiger partial charge in [-0.05, 0) is 18.2 Å². The lowest BCUT2D eigenvalue weighted by Crippen LogP contribution is -2.22. The summed E-state index contributed by atoms with van der Waals surface area (Å²) < 4.78 is 12.9. The lowest BCUT2D eigenvalue weighted by molar-refractivity contribution is 0.274. The van der Waals surface area contributed by atoms with Crippen molar-refractivity contribution in [3.8, 4) is 11.5 Å². The maximum atomic E-state index is 5.74. The van der Waals surface area contributed by atoms with Crippen LogP contribution in [0.3, 0.4) is 0 Å². The summed E-state index contributed by atoms with van der Waals surface area (Å²) in [6.07, 6.45) is 1.98. The maximum Gasteiger partial charge on any atom is 0.161 e. The minimum absolute atomic E-state index is 0.462. The third-order valence-electron chi connectivity index (χ3n) is 3.03. The quantitative estimate of drug-likeness (QED) is 0.811. The van der Waals surface area contributed by atoms with Gasteiger partial charge in [-0.15, -0.1) is 0 Å². The van der Waals surface area contributed by atoms with Crippen molar-refractivity contribution in [2.45, 2.75) is 33.0 Å². The van der Waals surface area contributed by atoms with E-state index in [-0.39, 0.29) is 0 Å². The number of aromatic nitrogens is 2. The molecule has 1 aromatic carbocycles. The summed E-state index contributed by atoms with van der Waals surface area (Å²) in [5.74, 6) is 1.51. The highest BCUT2D eigenvalue weighted by Crippen LogP contribution is 2.25. The summed E-state index contributed by atoms with van der Waals surface area (Å²) in [7, 11) is 1.64. The molecule has 2 aromatic rings. The fraction of sp³-hybridized carbons (Fsp3) is 0.438. The Hall–Kier alpha value is -2.01. The summed E-state index contributed by atoms with van der Waals surface area (Å²) >= 11 is 0. The van der Waals surface area contributed by atoms with Crippen LogP contribution in [0.25, 0.3) is 0 Å². The standard InChI is InChI=1S/C16H23N3O2/c1-13(2)17-12-14-8-9-19(18-14)10-11-21-16-7-5-4-6-15(16)20-3/h4-9,13,17H,10-12H2,1-3H3. The Morgan fingerprint density at radius 3 is 2.67 bits per heavy atom. The highest BCUT2D eigenvalue weighted by atomic mass is 16.5. The van der Waals surface area contributed by atoms with Crippen LogP contribution >= 0.6 is 0 Å². The second-order valence-electron chi connectivity index (χ2n) is 5.11. The molecule has 1 aromatic heterocycles. The molecule has 0 aliphatic carbocycles. The minimum atomic E-state index is 0.462. The van der Waals surface area contributed by atoms with Crippen LogP contribution in [0, 0.1) is 0 Å². The van der Waals surface area contributed by atoms with Crippen molar-refractivity contribution >= 4 is 0 Å². The van der Waals surface area contributed by atoms with Gasteiger partial charge in [0.05, 0.1) is 19.3 Å². The summed E-state index contributed by atoms with van der Waals surface area (Å²) in [6, 6.07) is 10.1. The highest BCUT2D eigenvalue weighted by molar-refractivity contribution is 5.39. The zero-order valence-corrected chi connectivity index (χ0v) is 12.9. The van der Waals surface area contributed by atoms with Crippen molar-refractivity contribution in [1.82, 2.24) is 15.1 Å². The molecule has 0 aliphatic heterocycles. The van der Waals surface area contributed by atoms with E-state index in [1.165, 1.54) is 0 Å². The minimum Gasteiger partial charge on any atom is -0.493 e. The van der Waals surface area contributed by atoms with E-state index in [4.69, 9.17) is 9.47 Å². The number of nitrogens with zero attached hydrogens (tertiary/aromatic N) is 2. The second kappa shape index (κ2) is 7.69. The molecule has 1 heterocycles. The van der Waals surface area contributed by atoms with Gasteiger partial charge in [-0.1, -0.05) is 26.0 Å². The monoisotopic (exact) mass is 289 g/mol. The molecule has 5 heteroatoms. The smallest absolute Gasteiger partial charge is 0.161 e. The number of para-hydroxylation sites is 2. The van der Waals surface area contributed by atoms with Crippen LogP contribution in [-0.2, 0) is 13.1 Å². The lowest BCUT2D eigenvalue weighted by atomic mass is 10.3. The van der Waals surface area contributed by atoms with Crippen LogP contribution in [-0.4, -0.2) is 29.5 Å². The molecule has 0 unspecified atom stereocenters. The number of hydrogen-bond donors (Lipinski definition) is 1. The largest absolute Gasteiger partial charge is 0.493 e. The average molecular weight is 289 g/mol. The average Bonchev–Trinajstić information content (AvgIpc) is 2.93. The molecule has 5 nitrogen and oxygen atoms in total. The van der Waals surface area contributed by atoms with Crippen molar-refractivity contribution in [1.29, 1.82) is 0 Å². The SMILES string of the molecule is COc1ccccc1OCCn1ccc(CNC(C)C)n1. The van der Waals surface area contributed by atoms with Crippen molar-refractivity contribution in [3.05, 3.63) is 42.2 Å². The van der Waals surface area contributed by atoms with Gasteiger partial charge in [0.25, 0.3) is 0 Å². The molecule has 0 atom stereocenters. The van der Waals surface area contributed by atoms with Gasteiger partial charge < -0.3 is 14.8 Å². The van der Waals surface area contributed by atoms with E-state index in [9.17, 15) is 0 Å². The molecule has 0 radical (unpaired) electrons. The second-order valence-corrected chi connectivity index (χ2v) is 5.11. The number of rotatable bonds is 8. The molecular weight excluding hydrogens is 266 g/mol. The molecule has 0 amide bonds. The van der Waals surface area contributed by atoms with Crippen LogP contribution < -0.4 is 14.8 Å². The van der Waals surface area contributed by atoms with Gasteiger partial charge in [0.2, 0.25) is 0 Å². The van der Waals surface area contributed by atoms with Crippen LogP contribution in [0.5, 0.6) is 11.5 Å². The molecule has 0 bridgehead atoms. The Kier molecular flexibility index (Phi) is 5.63. The predicted octanol–water partition coefficient (Wildman–Crippen LogP) is 2.47. The van der Waals surface area contributed by atoms with E-state index in [0.717, 1.165) is 23.7 Å². The number of benzene rings is 1. The molecule has 0 aliphatic rings. The van der Waals surface area contributed by atoms with Crippen LogP contribution in [0.1, 0.15) is 19.5 Å². The van der Waals surface area contributed by atoms with Gasteiger partial charge in [0.1, 0.15) is 6.61 Å². The van der Waals surface area contributed by atoms with Crippen LogP contribution in [0.4, 0.5) is 0 Å². The third-order valence-corrected chi connectivity index (χ3v) is 3.03. The van der Waals surface area contributed by atoms with Gasteiger partial charge in [0, 0.05) is 18.8 Å². The Labute approximate surface area is 125 Å². The predicted molar refractivity (Wildman–Crippen MR) is 82.7 cm³/mol. The molecule has 0 saturated carbocycles. The molecule has 0 fully saturated rings. The summed E-state index contributed by atoms with van der Waals surface area (Å²) in [4.78, 5) is 0. The fourth-order valence-corrected chi connectivity index (χ4v) is 1.92. The molecule has 114 valence electrons. The van der Waals surface area contributed by atoms with Gasteiger partial charge in [-0.2, -0.15) is 5.10 Å². The highest BCUT2D eigenvalue weighted by Gasteiger charge is 2.03. The molecule has 0 saturated heterocycles. The van der Waals surface area contributed by atoms with Gasteiger partial charge in [0.15, 0.2) is 11.5 Å². The Morgan fingerprint density at radius 2 is 1.95 bits per heavy atom. The van der Waals surface area contributed by atoms with Crippen molar-refractivity contribution in [2.24, 2.45) is 0 Å². The number of ether oxygens (including phenoxy) is 2. The van der Waals surface area contributed by atoms with Gasteiger partial charge >= 0.3 is 0 Å². The zero-order valence-electron chi connectivity index (χ0n) is 12.9. The zero-order chi connectivity index (χ0) is 15.1. The molecule has 0 spiro atoms. The van der Waals surface area contributed by atoms with E-state index in [2.05, 4.69) is 24.3 Å². The molecule has 21 heavy (non-hydrogen) atoms. The van der Waals surface area contributed by atoms with Crippen molar-refractivity contribution < 1.29 is 9.47 Å². The van der Waals surface area contributed by atoms with E-state index in [0.29, 0.717) is 19.2 Å². The normalized spacial score (nSPS) is 10.9. The van der Waals surface area contributed by atoms with E-state index < -0.39 is 0 Å². The summed E-state index contributed by atoms with van der Waals surface area (Å²) in [5, 5.41) is 7.85. The first kappa shape index (κ1) is 15.4. The van der Waals surface area contributed by atoms with Crippen molar-refractivity contribution in [2.75, 3.05) is 13.7 Å². The number of nitrogens with one attached hydrogen (secondary N) is 1. The Morgan fingerprint density at radius 1 is 1.19 bits per heavy atom. The number of hydrogen-bond acceptors (Lipinski definition) is 4. The molecular formula is C16H23N3O2. The first-order chi connectivity index (χ1) is 10.2. The third kappa shape index (κ3) is 4.79. The topological polar surface area (TPSA) is 48.3 Å². The van der Waals surface area contributed by atoms with E-state index in [1.54, 1.807) is 7.11 Å². The molecule has 1 N–H and O–H groups in total. The van der Waals surface area contributed by atoms with Gasteiger partial charge in [-0.3, -0.25) is 4.68 Å². The van der Waals surface area contributed by atoms with Crippen LogP contribution in [0.2, 0.25) is 0 Å².